The van der Waals surface area contributed by atoms with Gasteiger partial charge in [-0.05, 0) is 25.1 Å². The number of carbonyl (C=O) groups is 1. The van der Waals surface area contributed by atoms with Gasteiger partial charge in [0, 0.05) is 0 Å². The van der Waals surface area contributed by atoms with Gasteiger partial charge in [-0.3, -0.25) is 0 Å². The molecule has 2 rings (SSSR count). The number of methoxy groups -OCH3 is 1. The van der Waals surface area contributed by atoms with Crippen molar-refractivity contribution < 1.29 is 23.8 Å². The summed E-state index contributed by atoms with van der Waals surface area (Å²) in [7, 11) is 1.36. The third kappa shape index (κ3) is 2.66. The Kier molecular flexibility index (Phi) is 3.79. The van der Waals surface area contributed by atoms with Crippen molar-refractivity contribution in [2.45, 2.75) is 6.92 Å². The maximum absolute atomic E-state index is 13.7. The molecule has 0 bridgehead atoms. The molecule has 1 aromatic heterocycles. The fraction of sp³-hybridized carbons (Fsp3) is 0.154. The largest absolute Gasteiger partial charge is 0.493 e. The Morgan fingerprint density at radius 1 is 1.30 bits per heavy atom. The second-order valence-corrected chi connectivity index (χ2v) is 3.85. The molecule has 0 spiro atoms. The van der Waals surface area contributed by atoms with E-state index in [2.05, 4.69) is 9.97 Å². The lowest BCUT2D eigenvalue weighted by Crippen LogP contribution is -2.00. The Morgan fingerprint density at radius 3 is 2.70 bits per heavy atom. The Labute approximate surface area is 113 Å². The van der Waals surface area contributed by atoms with Crippen LogP contribution in [-0.4, -0.2) is 28.2 Å². The Bertz CT molecular complexity index is 661. The maximum atomic E-state index is 13.7. The summed E-state index contributed by atoms with van der Waals surface area (Å²) in [4.78, 5) is 18.2. The third-order valence-electron chi connectivity index (χ3n) is 2.55. The zero-order valence-corrected chi connectivity index (χ0v) is 10.8. The first-order valence-corrected chi connectivity index (χ1v) is 5.59. The lowest BCUT2D eigenvalue weighted by molar-refractivity contribution is 0.0696. The van der Waals surface area contributed by atoms with E-state index >= 15 is 0 Å². The van der Waals surface area contributed by atoms with Crippen LogP contribution >= 0.6 is 0 Å². The first-order chi connectivity index (χ1) is 9.52. The molecular weight excluding hydrogens is 267 g/mol. The number of aryl methyl sites for hydroxylation is 1. The van der Waals surface area contributed by atoms with Crippen molar-refractivity contribution in [1.29, 1.82) is 0 Å². The number of benzene rings is 1. The van der Waals surface area contributed by atoms with E-state index in [9.17, 15) is 9.18 Å². The fourth-order valence-electron chi connectivity index (χ4n) is 1.50. The van der Waals surface area contributed by atoms with Crippen molar-refractivity contribution >= 4 is 5.97 Å². The fourth-order valence-corrected chi connectivity index (χ4v) is 1.50. The van der Waals surface area contributed by atoms with E-state index in [1.165, 1.54) is 38.6 Å². The molecule has 1 N–H and O–H groups in total. The Balaban J connectivity index is 2.38. The van der Waals surface area contributed by atoms with Crippen molar-refractivity contribution in [2.75, 3.05) is 7.11 Å². The number of nitrogens with zero attached hydrogens (tertiary/aromatic N) is 2. The predicted octanol–water partition coefficient (Wildman–Crippen LogP) is 2.42. The molecule has 20 heavy (non-hydrogen) atoms. The van der Waals surface area contributed by atoms with Crippen molar-refractivity contribution in [3.05, 3.63) is 41.6 Å². The van der Waals surface area contributed by atoms with Crippen molar-refractivity contribution in [3.63, 3.8) is 0 Å². The number of carboxylic acid groups (broad SMARTS) is 1. The highest BCUT2D eigenvalue weighted by Gasteiger charge is 2.15. The van der Waals surface area contributed by atoms with Crippen LogP contribution in [-0.2, 0) is 0 Å². The van der Waals surface area contributed by atoms with E-state index in [-0.39, 0.29) is 28.6 Å². The van der Waals surface area contributed by atoms with Crippen molar-refractivity contribution in [3.8, 4) is 17.4 Å². The van der Waals surface area contributed by atoms with Crippen LogP contribution in [0.1, 0.15) is 16.1 Å². The van der Waals surface area contributed by atoms with Gasteiger partial charge in [0.05, 0.1) is 18.4 Å². The van der Waals surface area contributed by atoms with Gasteiger partial charge in [-0.15, -0.1) is 0 Å². The molecule has 1 aromatic carbocycles. The average molecular weight is 278 g/mol. The highest BCUT2D eigenvalue weighted by molar-refractivity contribution is 5.88. The lowest BCUT2D eigenvalue weighted by Gasteiger charge is -2.11. The molecule has 6 nitrogen and oxygen atoms in total. The number of hydrogen-bond acceptors (Lipinski definition) is 5. The van der Waals surface area contributed by atoms with Crippen LogP contribution in [0, 0.1) is 12.7 Å². The molecule has 0 aliphatic rings. The summed E-state index contributed by atoms with van der Waals surface area (Å²) in [5.74, 6) is -1.70. The molecule has 0 saturated carbocycles. The quantitative estimate of drug-likeness (QED) is 0.924. The van der Waals surface area contributed by atoms with Gasteiger partial charge in [0.2, 0.25) is 5.82 Å². The summed E-state index contributed by atoms with van der Waals surface area (Å²) < 4.78 is 24.1. The molecule has 0 aliphatic heterocycles. The summed E-state index contributed by atoms with van der Waals surface area (Å²) in [6.07, 6.45) is 1.17. The van der Waals surface area contributed by atoms with Gasteiger partial charge in [0.15, 0.2) is 11.5 Å². The monoisotopic (exact) mass is 278 g/mol. The smallest absolute Gasteiger partial charge is 0.335 e. The van der Waals surface area contributed by atoms with Gasteiger partial charge in [-0.2, -0.15) is 9.37 Å². The van der Waals surface area contributed by atoms with E-state index in [1.54, 1.807) is 0 Å². The zero-order chi connectivity index (χ0) is 14.7. The molecule has 1 heterocycles. The molecule has 104 valence electrons. The topological polar surface area (TPSA) is 81.5 Å². The summed E-state index contributed by atoms with van der Waals surface area (Å²) in [5.41, 5.74) is 0.185. The second kappa shape index (κ2) is 5.52. The minimum Gasteiger partial charge on any atom is -0.493 e. The van der Waals surface area contributed by atoms with Gasteiger partial charge >= 0.3 is 5.97 Å². The highest BCUT2D eigenvalue weighted by atomic mass is 19.1. The Morgan fingerprint density at radius 2 is 2.05 bits per heavy atom. The van der Waals surface area contributed by atoms with E-state index in [4.69, 9.17) is 14.6 Å². The van der Waals surface area contributed by atoms with E-state index in [0.29, 0.717) is 0 Å². The van der Waals surface area contributed by atoms with Gasteiger partial charge in [0.1, 0.15) is 6.33 Å². The molecule has 0 unspecified atom stereocenters. The normalized spacial score (nSPS) is 10.2. The van der Waals surface area contributed by atoms with Gasteiger partial charge in [-0.25, -0.2) is 9.78 Å². The van der Waals surface area contributed by atoms with Gasteiger partial charge in [-0.1, -0.05) is 0 Å². The highest BCUT2D eigenvalue weighted by Crippen LogP contribution is 2.32. The lowest BCUT2D eigenvalue weighted by atomic mass is 10.2. The van der Waals surface area contributed by atoms with Crippen LogP contribution < -0.4 is 9.47 Å². The zero-order valence-electron chi connectivity index (χ0n) is 10.8. The van der Waals surface area contributed by atoms with Crippen LogP contribution in [0.3, 0.4) is 0 Å². The number of aromatic nitrogens is 2. The minimum absolute atomic E-state index is 0.0357. The molecule has 7 heteroatoms. The summed E-state index contributed by atoms with van der Waals surface area (Å²) in [6, 6.07) is 3.98. The summed E-state index contributed by atoms with van der Waals surface area (Å²) in [5, 5.41) is 8.89. The molecular formula is C13H11FN2O4. The number of carboxylic acids is 1. The molecule has 0 amide bonds. The molecule has 0 radical (unpaired) electrons. The number of rotatable bonds is 4. The predicted molar refractivity (Wildman–Crippen MR) is 66.8 cm³/mol. The van der Waals surface area contributed by atoms with Crippen molar-refractivity contribution in [2.24, 2.45) is 0 Å². The Hall–Kier alpha value is -2.70. The number of hydrogen-bond donors (Lipinski definition) is 1. The van der Waals surface area contributed by atoms with Crippen LogP contribution in [0.4, 0.5) is 4.39 Å². The SMILES string of the molecule is COc1cc(C(=O)O)ccc1Oc1ncnc(C)c1F. The maximum Gasteiger partial charge on any atom is 0.335 e. The standard InChI is InChI=1S/C13H11FN2O4/c1-7-11(14)12(16-6-15-7)20-9-4-3-8(13(17)18)5-10(9)19-2/h3-6H,1-2H3,(H,17,18). The van der Waals surface area contributed by atoms with Gasteiger partial charge in [0.25, 0.3) is 5.88 Å². The summed E-state index contributed by atoms with van der Waals surface area (Å²) >= 11 is 0. The first kappa shape index (κ1) is 13.7. The third-order valence-corrected chi connectivity index (χ3v) is 2.55. The molecule has 0 fully saturated rings. The van der Waals surface area contributed by atoms with E-state index in [0.717, 1.165) is 0 Å². The van der Waals surface area contributed by atoms with Gasteiger partial charge < -0.3 is 14.6 Å². The molecule has 0 saturated heterocycles. The van der Waals surface area contributed by atoms with Crippen LogP contribution in [0.5, 0.6) is 17.4 Å². The molecule has 0 atom stereocenters. The van der Waals surface area contributed by atoms with E-state index in [1.807, 2.05) is 0 Å². The van der Waals surface area contributed by atoms with Crippen LogP contribution in [0.2, 0.25) is 0 Å². The molecule has 2 aromatic rings. The van der Waals surface area contributed by atoms with Crippen molar-refractivity contribution in [1.82, 2.24) is 9.97 Å². The number of halogens is 1. The summed E-state index contributed by atoms with van der Waals surface area (Å²) in [6.45, 7) is 1.48. The first-order valence-electron chi connectivity index (χ1n) is 5.59. The van der Waals surface area contributed by atoms with Crippen LogP contribution in [0.25, 0.3) is 0 Å². The van der Waals surface area contributed by atoms with Crippen LogP contribution in [0.15, 0.2) is 24.5 Å². The minimum atomic E-state index is -1.10. The second-order valence-electron chi connectivity index (χ2n) is 3.85. The number of aromatic carboxylic acids is 1. The van der Waals surface area contributed by atoms with E-state index < -0.39 is 11.8 Å². The average Bonchev–Trinajstić information content (AvgIpc) is 2.44. The molecule has 0 aliphatic carbocycles. The number of ether oxygens (including phenoxy) is 2.